The first kappa shape index (κ1) is 17.2. The van der Waals surface area contributed by atoms with Crippen molar-refractivity contribution in [3.63, 3.8) is 0 Å². The van der Waals surface area contributed by atoms with E-state index in [0.29, 0.717) is 6.54 Å². The zero-order chi connectivity index (χ0) is 15.3. The Labute approximate surface area is 124 Å². The molecule has 1 aromatic carbocycles. The van der Waals surface area contributed by atoms with Crippen LogP contribution in [0.25, 0.3) is 0 Å². The summed E-state index contributed by atoms with van der Waals surface area (Å²) >= 11 is 5.71. The van der Waals surface area contributed by atoms with Crippen LogP contribution < -0.4 is 10.5 Å². The average Bonchev–Trinajstić information content (AvgIpc) is 2.38. The maximum atomic E-state index is 13.8. The lowest BCUT2D eigenvalue weighted by atomic mass is 10.3. The summed E-state index contributed by atoms with van der Waals surface area (Å²) in [5.74, 6) is -0.982. The van der Waals surface area contributed by atoms with E-state index in [1.165, 1.54) is 6.07 Å². The molecule has 0 spiro atoms. The zero-order valence-corrected chi connectivity index (χ0v) is 13.1. The van der Waals surface area contributed by atoms with Gasteiger partial charge in [0.1, 0.15) is 4.90 Å². The van der Waals surface area contributed by atoms with E-state index in [9.17, 15) is 12.8 Å². The Bertz CT molecular complexity index is 562. The number of nitrogens with zero attached hydrogens (tertiary/aromatic N) is 1. The molecule has 0 amide bonds. The van der Waals surface area contributed by atoms with E-state index in [0.717, 1.165) is 19.2 Å². The quantitative estimate of drug-likeness (QED) is 0.749. The van der Waals surface area contributed by atoms with Gasteiger partial charge in [0.2, 0.25) is 10.0 Å². The van der Waals surface area contributed by atoms with E-state index in [1.807, 2.05) is 18.7 Å². The van der Waals surface area contributed by atoms with Gasteiger partial charge in [-0.25, -0.2) is 17.5 Å². The fourth-order valence-corrected chi connectivity index (χ4v) is 3.18. The molecule has 0 radical (unpaired) electrons. The summed E-state index contributed by atoms with van der Waals surface area (Å²) in [5, 5.41) is 0.0769. The van der Waals surface area contributed by atoms with Crippen LogP contribution >= 0.6 is 11.6 Å². The molecule has 0 aliphatic heterocycles. The van der Waals surface area contributed by atoms with Crippen molar-refractivity contribution in [1.82, 2.24) is 9.62 Å². The topological polar surface area (TPSA) is 75.4 Å². The standard InChI is InChI=1S/C12H19ClFN3O2S/c1-3-17(4-2)6-5-16-20(18,19)11-8-9(13)7-10(15)12(11)14/h7-8,16H,3-6,15H2,1-2H3. The largest absolute Gasteiger partial charge is 0.396 e. The van der Waals surface area contributed by atoms with Crippen LogP contribution in [-0.2, 0) is 10.0 Å². The highest BCUT2D eigenvalue weighted by Gasteiger charge is 2.21. The molecule has 0 saturated carbocycles. The molecule has 0 bridgehead atoms. The van der Waals surface area contributed by atoms with Crippen molar-refractivity contribution < 1.29 is 12.8 Å². The van der Waals surface area contributed by atoms with E-state index >= 15 is 0 Å². The van der Waals surface area contributed by atoms with Gasteiger partial charge in [0.05, 0.1) is 5.69 Å². The van der Waals surface area contributed by atoms with Crippen molar-refractivity contribution in [2.75, 3.05) is 31.9 Å². The van der Waals surface area contributed by atoms with Gasteiger partial charge in [-0.3, -0.25) is 0 Å². The zero-order valence-electron chi connectivity index (χ0n) is 11.5. The lowest BCUT2D eigenvalue weighted by molar-refractivity contribution is 0.309. The molecular formula is C12H19ClFN3O2S. The predicted molar refractivity (Wildman–Crippen MR) is 78.8 cm³/mol. The summed E-state index contributed by atoms with van der Waals surface area (Å²) in [6.07, 6.45) is 0. The van der Waals surface area contributed by atoms with Gasteiger partial charge in [-0.1, -0.05) is 25.4 Å². The fourth-order valence-electron chi connectivity index (χ4n) is 1.74. The van der Waals surface area contributed by atoms with E-state index < -0.39 is 20.7 Å². The van der Waals surface area contributed by atoms with E-state index in [1.54, 1.807) is 0 Å². The van der Waals surface area contributed by atoms with Crippen LogP contribution in [0, 0.1) is 5.82 Å². The smallest absolute Gasteiger partial charge is 0.243 e. The molecule has 0 atom stereocenters. The van der Waals surface area contributed by atoms with Gasteiger partial charge < -0.3 is 10.6 Å². The Balaban J connectivity index is 2.85. The molecule has 114 valence electrons. The number of rotatable bonds is 7. The fraction of sp³-hybridized carbons (Fsp3) is 0.500. The van der Waals surface area contributed by atoms with Gasteiger partial charge in [-0.2, -0.15) is 0 Å². The number of nitrogens with one attached hydrogen (secondary N) is 1. The molecule has 0 aliphatic rings. The normalized spacial score (nSPS) is 12.1. The van der Waals surface area contributed by atoms with Crippen LogP contribution in [0.1, 0.15) is 13.8 Å². The Morgan fingerprint density at radius 3 is 2.50 bits per heavy atom. The first-order chi connectivity index (χ1) is 9.31. The summed E-state index contributed by atoms with van der Waals surface area (Å²) in [5.41, 5.74) is 5.09. The number of benzene rings is 1. The number of likely N-dealkylation sites (N-methyl/N-ethyl adjacent to an activating group) is 1. The first-order valence-electron chi connectivity index (χ1n) is 6.28. The molecule has 0 aromatic heterocycles. The Morgan fingerprint density at radius 2 is 1.95 bits per heavy atom. The Morgan fingerprint density at radius 1 is 1.35 bits per heavy atom. The average molecular weight is 324 g/mol. The van der Waals surface area contributed by atoms with Crippen molar-refractivity contribution in [2.45, 2.75) is 18.7 Å². The van der Waals surface area contributed by atoms with Gasteiger partial charge in [0.25, 0.3) is 0 Å². The van der Waals surface area contributed by atoms with Crippen molar-refractivity contribution in [3.8, 4) is 0 Å². The minimum Gasteiger partial charge on any atom is -0.396 e. The lowest BCUT2D eigenvalue weighted by Crippen LogP contribution is -2.35. The van der Waals surface area contributed by atoms with Gasteiger partial charge in [-0.05, 0) is 25.2 Å². The van der Waals surface area contributed by atoms with E-state index in [4.69, 9.17) is 17.3 Å². The van der Waals surface area contributed by atoms with Gasteiger partial charge >= 0.3 is 0 Å². The second kappa shape index (κ2) is 7.21. The number of sulfonamides is 1. The lowest BCUT2D eigenvalue weighted by Gasteiger charge is -2.18. The molecule has 0 saturated heterocycles. The maximum absolute atomic E-state index is 13.8. The van der Waals surface area contributed by atoms with Crippen LogP contribution in [0.2, 0.25) is 5.02 Å². The second-order valence-electron chi connectivity index (χ2n) is 4.23. The van der Waals surface area contributed by atoms with Crippen LogP contribution in [0.3, 0.4) is 0 Å². The molecular weight excluding hydrogens is 305 g/mol. The molecule has 0 unspecified atom stereocenters. The van der Waals surface area contributed by atoms with Gasteiger partial charge in [0, 0.05) is 18.1 Å². The third kappa shape index (κ3) is 4.31. The minimum atomic E-state index is -3.96. The van der Waals surface area contributed by atoms with E-state index in [2.05, 4.69) is 4.72 Å². The van der Waals surface area contributed by atoms with Crippen LogP contribution in [0.5, 0.6) is 0 Å². The Kier molecular flexibility index (Phi) is 6.19. The highest BCUT2D eigenvalue weighted by molar-refractivity contribution is 7.89. The molecule has 5 nitrogen and oxygen atoms in total. The van der Waals surface area contributed by atoms with Crippen molar-refractivity contribution in [2.24, 2.45) is 0 Å². The third-order valence-electron chi connectivity index (χ3n) is 2.94. The summed E-state index contributed by atoms with van der Waals surface area (Å²) in [6, 6.07) is 2.22. The van der Waals surface area contributed by atoms with Gasteiger partial charge in [0.15, 0.2) is 5.82 Å². The maximum Gasteiger partial charge on any atom is 0.243 e. The number of nitrogen functional groups attached to an aromatic ring is 1. The van der Waals surface area contributed by atoms with Gasteiger partial charge in [-0.15, -0.1) is 0 Å². The summed E-state index contributed by atoms with van der Waals surface area (Å²) in [6.45, 7) is 6.33. The number of nitrogens with two attached hydrogens (primary N) is 1. The van der Waals surface area contributed by atoms with Crippen molar-refractivity contribution >= 4 is 27.3 Å². The molecule has 20 heavy (non-hydrogen) atoms. The number of anilines is 1. The molecule has 0 aliphatic carbocycles. The molecule has 0 fully saturated rings. The molecule has 1 aromatic rings. The number of hydrogen-bond donors (Lipinski definition) is 2. The molecule has 3 N–H and O–H groups in total. The molecule has 1 rings (SSSR count). The molecule has 8 heteroatoms. The summed E-state index contributed by atoms with van der Waals surface area (Å²) in [7, 11) is -3.96. The van der Waals surface area contributed by atoms with Crippen molar-refractivity contribution in [3.05, 3.63) is 23.0 Å². The van der Waals surface area contributed by atoms with Crippen LogP contribution in [0.4, 0.5) is 10.1 Å². The predicted octanol–water partition coefficient (Wildman–Crippen LogP) is 1.68. The highest BCUT2D eigenvalue weighted by Crippen LogP contribution is 2.24. The number of halogens is 2. The molecule has 0 heterocycles. The summed E-state index contributed by atoms with van der Waals surface area (Å²) < 4.78 is 40.2. The van der Waals surface area contributed by atoms with Crippen LogP contribution in [0.15, 0.2) is 17.0 Å². The third-order valence-corrected chi connectivity index (χ3v) is 4.61. The number of hydrogen-bond acceptors (Lipinski definition) is 4. The Hall–Kier alpha value is -0.890. The second-order valence-corrected chi connectivity index (χ2v) is 6.40. The summed E-state index contributed by atoms with van der Waals surface area (Å²) in [4.78, 5) is 1.52. The monoisotopic (exact) mass is 323 g/mol. The van der Waals surface area contributed by atoms with Crippen LogP contribution in [-0.4, -0.2) is 39.5 Å². The SMILES string of the molecule is CCN(CC)CCNS(=O)(=O)c1cc(Cl)cc(N)c1F. The minimum absolute atomic E-state index is 0.0769. The first-order valence-corrected chi connectivity index (χ1v) is 8.14. The van der Waals surface area contributed by atoms with Crippen molar-refractivity contribution in [1.29, 1.82) is 0 Å². The van der Waals surface area contributed by atoms with E-state index in [-0.39, 0.29) is 17.3 Å². The highest BCUT2D eigenvalue weighted by atomic mass is 35.5.